The van der Waals surface area contributed by atoms with Crippen LogP contribution in [0.3, 0.4) is 0 Å². The smallest absolute Gasteiger partial charge is 0.119 e. The molecule has 0 bridgehead atoms. The predicted molar refractivity (Wildman–Crippen MR) is 106 cm³/mol. The number of rotatable bonds is 10. The highest BCUT2D eigenvalue weighted by Crippen LogP contribution is 2.31. The molecule has 0 aliphatic carbocycles. The predicted octanol–water partition coefficient (Wildman–Crippen LogP) is 4.83. The summed E-state index contributed by atoms with van der Waals surface area (Å²) >= 11 is 0. The first kappa shape index (κ1) is 19.4. The molecule has 0 radical (unpaired) electrons. The van der Waals surface area contributed by atoms with Gasteiger partial charge < -0.3 is 14.2 Å². The second-order valence-electron chi connectivity index (χ2n) is 7.17. The summed E-state index contributed by atoms with van der Waals surface area (Å²) in [6, 6.07) is 17.8. The zero-order chi connectivity index (χ0) is 19.0. The standard InChI is InChI=1S/C23H27NO3/c1-2-23(17-26-18-23)16-25-13-3-4-14-27-22-11-9-21(10-12-22)20-7-5-19(15-24)6-8-20/h5-12H,2-4,13-14,16-18H2,1H3. The summed E-state index contributed by atoms with van der Waals surface area (Å²) in [5, 5.41) is 8.87. The van der Waals surface area contributed by atoms with Gasteiger partial charge in [-0.25, -0.2) is 0 Å². The van der Waals surface area contributed by atoms with E-state index in [1.54, 1.807) is 0 Å². The first-order chi connectivity index (χ1) is 13.2. The van der Waals surface area contributed by atoms with Crippen molar-refractivity contribution < 1.29 is 14.2 Å². The molecule has 2 aromatic rings. The zero-order valence-electron chi connectivity index (χ0n) is 15.9. The van der Waals surface area contributed by atoms with E-state index < -0.39 is 0 Å². The van der Waals surface area contributed by atoms with E-state index in [-0.39, 0.29) is 5.41 Å². The molecule has 1 aliphatic rings. The van der Waals surface area contributed by atoms with E-state index in [9.17, 15) is 0 Å². The Balaban J connectivity index is 1.33. The van der Waals surface area contributed by atoms with Gasteiger partial charge in [-0.15, -0.1) is 0 Å². The minimum absolute atomic E-state index is 0.271. The molecule has 4 nitrogen and oxygen atoms in total. The van der Waals surface area contributed by atoms with Crippen molar-refractivity contribution in [2.24, 2.45) is 5.41 Å². The van der Waals surface area contributed by atoms with Crippen LogP contribution in [0.25, 0.3) is 11.1 Å². The summed E-state index contributed by atoms with van der Waals surface area (Å²) in [6.45, 7) is 6.16. The van der Waals surface area contributed by atoms with Gasteiger partial charge in [0, 0.05) is 12.0 Å². The molecule has 1 saturated heterocycles. The van der Waals surface area contributed by atoms with Crippen molar-refractivity contribution in [1.29, 1.82) is 5.26 Å². The molecular weight excluding hydrogens is 338 g/mol. The van der Waals surface area contributed by atoms with E-state index >= 15 is 0 Å². The molecule has 0 atom stereocenters. The molecule has 0 spiro atoms. The number of hydrogen-bond donors (Lipinski definition) is 0. The normalized spacial score (nSPS) is 15.0. The molecule has 0 unspecified atom stereocenters. The van der Waals surface area contributed by atoms with Crippen molar-refractivity contribution in [2.75, 3.05) is 33.0 Å². The molecule has 1 heterocycles. The number of benzene rings is 2. The van der Waals surface area contributed by atoms with Crippen LogP contribution in [0.5, 0.6) is 5.75 Å². The van der Waals surface area contributed by atoms with Gasteiger partial charge in [-0.2, -0.15) is 5.26 Å². The van der Waals surface area contributed by atoms with E-state index in [4.69, 9.17) is 19.5 Å². The quantitative estimate of drug-likeness (QED) is 0.566. The van der Waals surface area contributed by atoms with Crippen molar-refractivity contribution in [3.05, 3.63) is 54.1 Å². The Morgan fingerprint density at radius 2 is 1.59 bits per heavy atom. The summed E-state index contributed by atoms with van der Waals surface area (Å²) < 4.78 is 16.9. The van der Waals surface area contributed by atoms with Crippen LogP contribution in [-0.2, 0) is 9.47 Å². The molecule has 0 amide bonds. The fourth-order valence-electron chi connectivity index (χ4n) is 3.05. The molecule has 0 aromatic heterocycles. The third-order valence-electron chi connectivity index (χ3n) is 5.13. The fourth-order valence-corrected chi connectivity index (χ4v) is 3.05. The highest BCUT2D eigenvalue weighted by Gasteiger charge is 2.36. The third-order valence-corrected chi connectivity index (χ3v) is 5.13. The van der Waals surface area contributed by atoms with Gasteiger partial charge in [0.05, 0.1) is 38.1 Å². The van der Waals surface area contributed by atoms with E-state index in [0.29, 0.717) is 12.2 Å². The Morgan fingerprint density at radius 3 is 2.15 bits per heavy atom. The summed E-state index contributed by atoms with van der Waals surface area (Å²) in [4.78, 5) is 0. The average molecular weight is 365 g/mol. The molecule has 2 aromatic carbocycles. The topological polar surface area (TPSA) is 51.5 Å². The van der Waals surface area contributed by atoms with Crippen molar-refractivity contribution in [3.63, 3.8) is 0 Å². The van der Waals surface area contributed by atoms with Crippen LogP contribution in [0.1, 0.15) is 31.7 Å². The van der Waals surface area contributed by atoms with Crippen LogP contribution < -0.4 is 4.74 Å². The highest BCUT2D eigenvalue weighted by atomic mass is 16.5. The van der Waals surface area contributed by atoms with Crippen LogP contribution in [0.15, 0.2) is 48.5 Å². The van der Waals surface area contributed by atoms with Gasteiger partial charge >= 0.3 is 0 Å². The number of hydrogen-bond acceptors (Lipinski definition) is 4. The molecule has 1 aliphatic heterocycles. The summed E-state index contributed by atoms with van der Waals surface area (Å²) in [7, 11) is 0. The van der Waals surface area contributed by atoms with Gasteiger partial charge in [-0.1, -0.05) is 31.2 Å². The maximum absolute atomic E-state index is 8.87. The van der Waals surface area contributed by atoms with Gasteiger partial charge in [0.1, 0.15) is 5.75 Å². The molecule has 0 saturated carbocycles. The van der Waals surface area contributed by atoms with Gasteiger partial charge in [0.25, 0.3) is 0 Å². The molecule has 0 N–H and O–H groups in total. The minimum Gasteiger partial charge on any atom is -0.494 e. The van der Waals surface area contributed by atoms with Crippen LogP contribution in [0, 0.1) is 16.7 Å². The second-order valence-corrected chi connectivity index (χ2v) is 7.17. The van der Waals surface area contributed by atoms with E-state index in [0.717, 1.165) is 62.6 Å². The lowest BCUT2D eigenvalue weighted by molar-refractivity contribution is -0.150. The maximum atomic E-state index is 8.87. The van der Waals surface area contributed by atoms with Crippen LogP contribution in [0.4, 0.5) is 0 Å². The zero-order valence-corrected chi connectivity index (χ0v) is 15.9. The summed E-state index contributed by atoms with van der Waals surface area (Å²) in [6.07, 6.45) is 3.10. The molecule has 4 heteroatoms. The summed E-state index contributed by atoms with van der Waals surface area (Å²) in [5.41, 5.74) is 3.16. The number of unbranched alkanes of at least 4 members (excludes halogenated alkanes) is 1. The van der Waals surface area contributed by atoms with Crippen LogP contribution in [-0.4, -0.2) is 33.0 Å². The minimum atomic E-state index is 0.271. The highest BCUT2D eigenvalue weighted by molar-refractivity contribution is 5.64. The molecular formula is C23H27NO3. The lowest BCUT2D eigenvalue weighted by Gasteiger charge is -2.40. The Labute approximate surface area is 161 Å². The first-order valence-corrected chi connectivity index (χ1v) is 9.64. The Bertz CT molecular complexity index is 737. The lowest BCUT2D eigenvalue weighted by Crippen LogP contribution is -2.45. The van der Waals surface area contributed by atoms with E-state index in [1.807, 2.05) is 48.5 Å². The van der Waals surface area contributed by atoms with Crippen molar-refractivity contribution in [2.45, 2.75) is 26.2 Å². The maximum Gasteiger partial charge on any atom is 0.119 e. The first-order valence-electron chi connectivity index (χ1n) is 9.64. The summed E-state index contributed by atoms with van der Waals surface area (Å²) in [5.74, 6) is 0.880. The Kier molecular flexibility index (Phi) is 6.86. The van der Waals surface area contributed by atoms with Crippen molar-refractivity contribution in [1.82, 2.24) is 0 Å². The molecule has 1 fully saturated rings. The lowest BCUT2D eigenvalue weighted by atomic mass is 9.84. The Morgan fingerprint density at radius 1 is 0.963 bits per heavy atom. The largest absolute Gasteiger partial charge is 0.494 e. The van der Waals surface area contributed by atoms with Crippen molar-refractivity contribution in [3.8, 4) is 22.9 Å². The second kappa shape index (κ2) is 9.55. The van der Waals surface area contributed by atoms with Gasteiger partial charge in [0.15, 0.2) is 0 Å². The van der Waals surface area contributed by atoms with Crippen LogP contribution in [0.2, 0.25) is 0 Å². The molecule has 27 heavy (non-hydrogen) atoms. The molecule has 3 rings (SSSR count). The number of ether oxygens (including phenoxy) is 3. The monoisotopic (exact) mass is 365 g/mol. The van der Waals surface area contributed by atoms with Gasteiger partial charge in [-0.3, -0.25) is 0 Å². The number of nitriles is 1. The fraction of sp³-hybridized carbons (Fsp3) is 0.435. The van der Waals surface area contributed by atoms with Gasteiger partial charge in [0.2, 0.25) is 0 Å². The van der Waals surface area contributed by atoms with Gasteiger partial charge in [-0.05, 0) is 54.7 Å². The van der Waals surface area contributed by atoms with Crippen molar-refractivity contribution >= 4 is 0 Å². The van der Waals surface area contributed by atoms with E-state index in [1.165, 1.54) is 0 Å². The molecule has 142 valence electrons. The number of nitrogens with zero attached hydrogens (tertiary/aromatic N) is 1. The average Bonchev–Trinajstić information content (AvgIpc) is 2.69. The Hall–Kier alpha value is -2.35. The van der Waals surface area contributed by atoms with Crippen LogP contribution >= 0.6 is 0 Å². The SMILES string of the molecule is CCC1(COCCCCOc2ccc(-c3ccc(C#N)cc3)cc2)COC1. The third kappa shape index (κ3) is 5.32. The van der Waals surface area contributed by atoms with E-state index in [2.05, 4.69) is 13.0 Å².